The molecule has 0 fully saturated rings. The van der Waals surface area contributed by atoms with Gasteiger partial charge in [-0.25, -0.2) is 0 Å². The van der Waals surface area contributed by atoms with E-state index in [1.54, 1.807) is 0 Å². The monoisotopic (exact) mass is 260 g/mol. The van der Waals surface area contributed by atoms with E-state index in [1.807, 2.05) is 37.1 Å². The molecule has 1 N–H and O–H groups in total. The van der Waals surface area contributed by atoms with Crippen LogP contribution in [0.5, 0.6) is 0 Å². The number of aryl methyl sites for hydroxylation is 1. The number of aromatic nitrogens is 1. The molecule has 1 aromatic carbocycles. The molecule has 1 heterocycles. The van der Waals surface area contributed by atoms with E-state index in [-0.39, 0.29) is 12.6 Å². The molecule has 0 aliphatic heterocycles. The largest absolute Gasteiger partial charge is 0.395 e. The second kappa shape index (κ2) is 5.99. The van der Waals surface area contributed by atoms with E-state index in [0.29, 0.717) is 6.54 Å². The van der Waals surface area contributed by atoms with Crippen LogP contribution in [0, 0.1) is 6.92 Å². The highest BCUT2D eigenvalue weighted by Gasteiger charge is 2.12. The first kappa shape index (κ1) is 13.8. The summed E-state index contributed by atoms with van der Waals surface area (Å²) >= 11 is 0. The van der Waals surface area contributed by atoms with Crippen molar-refractivity contribution in [2.45, 2.75) is 26.4 Å². The van der Waals surface area contributed by atoms with Gasteiger partial charge in [-0.05, 0) is 20.9 Å². The lowest BCUT2D eigenvalue weighted by atomic mass is 10.1. The van der Waals surface area contributed by atoms with Crippen LogP contribution in [0.15, 0.2) is 34.9 Å². The van der Waals surface area contributed by atoms with Gasteiger partial charge >= 0.3 is 0 Å². The van der Waals surface area contributed by atoms with Crippen LogP contribution in [0.2, 0.25) is 0 Å². The number of hydrogen-bond donors (Lipinski definition) is 1. The van der Waals surface area contributed by atoms with Gasteiger partial charge in [-0.1, -0.05) is 35.0 Å². The second-order valence-corrected chi connectivity index (χ2v) is 4.99. The van der Waals surface area contributed by atoms with Crippen molar-refractivity contribution in [2.24, 2.45) is 0 Å². The quantitative estimate of drug-likeness (QED) is 0.897. The van der Waals surface area contributed by atoms with Crippen molar-refractivity contribution in [1.29, 1.82) is 0 Å². The Hall–Kier alpha value is -1.65. The summed E-state index contributed by atoms with van der Waals surface area (Å²) in [6.45, 7) is 4.80. The van der Waals surface area contributed by atoms with Crippen molar-refractivity contribution in [3.8, 4) is 11.3 Å². The molecule has 1 atom stereocenters. The predicted octanol–water partition coefficient (Wildman–Crippen LogP) is 2.46. The van der Waals surface area contributed by atoms with Crippen molar-refractivity contribution < 1.29 is 9.63 Å². The van der Waals surface area contributed by atoms with Crippen molar-refractivity contribution >= 4 is 0 Å². The van der Waals surface area contributed by atoms with Gasteiger partial charge in [-0.2, -0.15) is 0 Å². The van der Waals surface area contributed by atoms with E-state index in [9.17, 15) is 0 Å². The summed E-state index contributed by atoms with van der Waals surface area (Å²) in [4.78, 5) is 2.03. The van der Waals surface area contributed by atoms with Crippen molar-refractivity contribution in [3.05, 3.63) is 41.7 Å². The highest BCUT2D eigenvalue weighted by molar-refractivity contribution is 5.59. The average molecular weight is 260 g/mol. The first-order valence-electron chi connectivity index (χ1n) is 6.44. The van der Waals surface area contributed by atoms with Crippen LogP contribution in [-0.4, -0.2) is 34.9 Å². The number of rotatable bonds is 5. The zero-order valence-electron chi connectivity index (χ0n) is 11.6. The third-order valence-electron chi connectivity index (χ3n) is 3.33. The van der Waals surface area contributed by atoms with Crippen LogP contribution < -0.4 is 0 Å². The van der Waals surface area contributed by atoms with Crippen molar-refractivity contribution in [3.63, 3.8) is 0 Å². The molecule has 0 radical (unpaired) electrons. The lowest BCUT2D eigenvalue weighted by Crippen LogP contribution is -2.31. The fourth-order valence-electron chi connectivity index (χ4n) is 1.79. The smallest absolute Gasteiger partial charge is 0.151 e. The second-order valence-electron chi connectivity index (χ2n) is 4.99. The van der Waals surface area contributed by atoms with Gasteiger partial charge in [0.25, 0.3) is 0 Å². The standard InChI is InChI=1S/C15H20N2O2/c1-11-4-6-13(7-5-11)15-8-14(19-16-15)9-17(3)12(2)10-18/h4-8,12,18H,9-10H2,1-3H3. The predicted molar refractivity (Wildman–Crippen MR) is 74.7 cm³/mol. The third-order valence-corrected chi connectivity index (χ3v) is 3.33. The third kappa shape index (κ3) is 3.43. The molecule has 0 aliphatic rings. The van der Waals surface area contributed by atoms with Gasteiger partial charge in [0.05, 0.1) is 13.2 Å². The first-order chi connectivity index (χ1) is 9.10. The molecule has 4 nitrogen and oxygen atoms in total. The molecule has 1 unspecified atom stereocenters. The molecule has 2 rings (SSSR count). The summed E-state index contributed by atoms with van der Waals surface area (Å²) in [7, 11) is 1.95. The normalized spacial score (nSPS) is 12.9. The highest BCUT2D eigenvalue weighted by atomic mass is 16.5. The number of aliphatic hydroxyl groups excluding tert-OH is 1. The maximum absolute atomic E-state index is 9.10. The van der Waals surface area contributed by atoms with Gasteiger partial charge in [0.2, 0.25) is 0 Å². The molecular weight excluding hydrogens is 240 g/mol. The van der Waals surface area contributed by atoms with E-state index >= 15 is 0 Å². The Morgan fingerprint density at radius 3 is 2.63 bits per heavy atom. The summed E-state index contributed by atoms with van der Waals surface area (Å²) in [6, 6.07) is 10.3. The van der Waals surface area contributed by atoms with Gasteiger partial charge < -0.3 is 9.63 Å². The Labute approximate surface area is 113 Å². The summed E-state index contributed by atoms with van der Waals surface area (Å²) in [5.74, 6) is 0.804. The molecule has 1 aromatic heterocycles. The molecule has 102 valence electrons. The van der Waals surface area contributed by atoms with Crippen molar-refractivity contribution in [2.75, 3.05) is 13.7 Å². The number of aliphatic hydroxyl groups is 1. The van der Waals surface area contributed by atoms with Gasteiger partial charge in [0, 0.05) is 17.7 Å². The Balaban J connectivity index is 2.09. The van der Waals surface area contributed by atoms with Crippen molar-refractivity contribution in [1.82, 2.24) is 10.1 Å². The summed E-state index contributed by atoms with van der Waals surface area (Å²) in [5, 5.41) is 13.2. The number of nitrogens with zero attached hydrogens (tertiary/aromatic N) is 2. The maximum atomic E-state index is 9.10. The molecule has 0 saturated carbocycles. The van der Waals surface area contributed by atoms with E-state index < -0.39 is 0 Å². The number of benzene rings is 1. The van der Waals surface area contributed by atoms with Gasteiger partial charge in [-0.15, -0.1) is 0 Å². The van der Waals surface area contributed by atoms with Crippen LogP contribution in [0.3, 0.4) is 0 Å². The molecular formula is C15H20N2O2. The fourth-order valence-corrected chi connectivity index (χ4v) is 1.79. The van der Waals surface area contributed by atoms with Crippen LogP contribution in [-0.2, 0) is 6.54 Å². The lowest BCUT2D eigenvalue weighted by molar-refractivity contribution is 0.143. The molecule has 0 spiro atoms. The SMILES string of the molecule is Cc1ccc(-c2cc(CN(C)C(C)CO)on2)cc1. The minimum atomic E-state index is 0.105. The highest BCUT2D eigenvalue weighted by Crippen LogP contribution is 2.20. The van der Waals surface area contributed by atoms with Crippen LogP contribution in [0.4, 0.5) is 0 Å². The molecule has 0 amide bonds. The first-order valence-corrected chi connectivity index (χ1v) is 6.44. The van der Waals surface area contributed by atoms with Gasteiger partial charge in [0.1, 0.15) is 5.69 Å². The molecule has 4 heteroatoms. The summed E-state index contributed by atoms with van der Waals surface area (Å²) in [5.41, 5.74) is 3.13. The average Bonchev–Trinajstić information content (AvgIpc) is 2.87. The molecule has 0 aliphatic carbocycles. The zero-order chi connectivity index (χ0) is 13.8. The Bertz CT molecular complexity index is 519. The van der Waals surface area contributed by atoms with Crippen LogP contribution >= 0.6 is 0 Å². The Kier molecular flexibility index (Phi) is 4.35. The van der Waals surface area contributed by atoms with Crippen LogP contribution in [0.25, 0.3) is 11.3 Å². The maximum Gasteiger partial charge on any atom is 0.151 e. The molecule has 2 aromatic rings. The summed E-state index contributed by atoms with van der Waals surface area (Å²) in [6.07, 6.45) is 0. The van der Waals surface area contributed by atoms with E-state index in [4.69, 9.17) is 9.63 Å². The Morgan fingerprint density at radius 1 is 1.32 bits per heavy atom. The fraction of sp³-hybridized carbons (Fsp3) is 0.400. The van der Waals surface area contributed by atoms with Crippen LogP contribution in [0.1, 0.15) is 18.2 Å². The minimum absolute atomic E-state index is 0.105. The number of hydrogen-bond acceptors (Lipinski definition) is 4. The van der Waals surface area contributed by atoms with Gasteiger partial charge in [-0.3, -0.25) is 4.90 Å². The molecule has 0 bridgehead atoms. The number of likely N-dealkylation sites (N-methyl/N-ethyl adjacent to an activating group) is 1. The molecule has 19 heavy (non-hydrogen) atoms. The van der Waals surface area contributed by atoms with E-state index in [0.717, 1.165) is 17.0 Å². The Morgan fingerprint density at radius 2 is 2.00 bits per heavy atom. The molecule has 0 saturated heterocycles. The van der Waals surface area contributed by atoms with E-state index in [1.165, 1.54) is 5.56 Å². The topological polar surface area (TPSA) is 49.5 Å². The minimum Gasteiger partial charge on any atom is -0.395 e. The van der Waals surface area contributed by atoms with Gasteiger partial charge in [0.15, 0.2) is 5.76 Å². The summed E-state index contributed by atoms with van der Waals surface area (Å²) < 4.78 is 5.34. The lowest BCUT2D eigenvalue weighted by Gasteiger charge is -2.20. The van der Waals surface area contributed by atoms with E-state index in [2.05, 4.69) is 24.2 Å². The zero-order valence-corrected chi connectivity index (χ0v) is 11.6.